The van der Waals surface area contributed by atoms with E-state index in [9.17, 15) is 0 Å². The van der Waals surface area contributed by atoms with Gasteiger partial charge in [0.1, 0.15) is 6.34 Å². The lowest BCUT2D eigenvalue weighted by Gasteiger charge is -2.24. The zero-order chi connectivity index (χ0) is 9.61. The molecule has 3 nitrogen and oxygen atoms in total. The van der Waals surface area contributed by atoms with Crippen molar-refractivity contribution in [3.63, 3.8) is 0 Å². The molecule has 0 saturated carbocycles. The van der Waals surface area contributed by atoms with Crippen LogP contribution in [-0.4, -0.2) is 17.0 Å². The molecule has 0 spiro atoms. The smallest absolute Gasteiger partial charge is 0.121 e. The average molecular weight is 168 g/mol. The number of hydrogen-bond donors (Lipinski definition) is 0. The summed E-state index contributed by atoms with van der Waals surface area (Å²) in [6.07, 6.45) is 4.48. The van der Waals surface area contributed by atoms with Crippen LogP contribution in [0.3, 0.4) is 0 Å². The van der Waals surface area contributed by atoms with Crippen molar-refractivity contribution in [1.29, 1.82) is 0 Å². The van der Waals surface area contributed by atoms with E-state index in [0.29, 0.717) is 0 Å². The van der Waals surface area contributed by atoms with Gasteiger partial charge in [0.2, 0.25) is 0 Å². The van der Waals surface area contributed by atoms with Gasteiger partial charge in [-0.1, -0.05) is 13.2 Å². The molecule has 12 heavy (non-hydrogen) atoms. The predicted octanol–water partition coefficient (Wildman–Crippen LogP) is 2.33. The number of hydroxylamine groups is 2. The van der Waals surface area contributed by atoms with Gasteiger partial charge in [-0.05, 0) is 20.8 Å². The molecular weight excluding hydrogens is 152 g/mol. The molecule has 0 bridgehead atoms. The van der Waals surface area contributed by atoms with Crippen molar-refractivity contribution in [2.45, 2.75) is 26.4 Å². The summed E-state index contributed by atoms with van der Waals surface area (Å²) in [7, 11) is 0. The van der Waals surface area contributed by atoms with Crippen LogP contribution in [0.1, 0.15) is 20.8 Å². The normalized spacial score (nSPS) is 11.6. The van der Waals surface area contributed by atoms with Crippen LogP contribution >= 0.6 is 0 Å². The lowest BCUT2D eigenvalue weighted by molar-refractivity contribution is -0.150. The Morgan fingerprint density at radius 3 is 2.25 bits per heavy atom. The molecule has 0 amide bonds. The van der Waals surface area contributed by atoms with E-state index in [-0.39, 0.29) is 5.60 Å². The van der Waals surface area contributed by atoms with Crippen molar-refractivity contribution in [2.24, 2.45) is 4.99 Å². The second-order valence-electron chi connectivity index (χ2n) is 3.19. The minimum absolute atomic E-state index is 0.249. The fourth-order valence-electron chi connectivity index (χ4n) is 0.537. The molecule has 0 saturated heterocycles. The third-order valence-corrected chi connectivity index (χ3v) is 0.845. The predicted molar refractivity (Wildman–Crippen MR) is 51.6 cm³/mol. The molecule has 0 atom stereocenters. The number of rotatable bonds is 4. The first kappa shape index (κ1) is 10.9. The molecule has 0 aromatic heterocycles. The van der Waals surface area contributed by atoms with Gasteiger partial charge in [0, 0.05) is 12.4 Å². The molecule has 0 radical (unpaired) electrons. The van der Waals surface area contributed by atoms with Crippen LogP contribution in [0.25, 0.3) is 0 Å². The minimum Gasteiger partial charge on any atom is -0.263 e. The standard InChI is InChI=1S/C9H16N2O/c1-6-10-8-11(7-2)12-9(3,4)5/h6-8H,1-2H2,3-5H3/b10-8-. The molecule has 0 aliphatic heterocycles. The van der Waals surface area contributed by atoms with Gasteiger partial charge in [0.05, 0.1) is 5.60 Å². The van der Waals surface area contributed by atoms with Gasteiger partial charge in [-0.3, -0.25) is 4.84 Å². The van der Waals surface area contributed by atoms with Crippen LogP contribution in [-0.2, 0) is 4.84 Å². The second kappa shape index (κ2) is 4.72. The molecule has 0 fully saturated rings. The Labute approximate surface area is 74.0 Å². The number of hydrogen-bond acceptors (Lipinski definition) is 2. The molecular formula is C9H16N2O. The van der Waals surface area contributed by atoms with E-state index >= 15 is 0 Å². The highest BCUT2D eigenvalue weighted by atomic mass is 16.7. The van der Waals surface area contributed by atoms with Crippen LogP contribution in [0.5, 0.6) is 0 Å². The maximum atomic E-state index is 5.41. The maximum absolute atomic E-state index is 5.41. The highest BCUT2D eigenvalue weighted by Crippen LogP contribution is 2.08. The van der Waals surface area contributed by atoms with E-state index in [2.05, 4.69) is 18.2 Å². The summed E-state index contributed by atoms with van der Waals surface area (Å²) in [6, 6.07) is 0. The topological polar surface area (TPSA) is 24.8 Å². The molecule has 68 valence electrons. The van der Waals surface area contributed by atoms with E-state index in [0.717, 1.165) is 0 Å². The third-order valence-electron chi connectivity index (χ3n) is 0.845. The van der Waals surface area contributed by atoms with Crippen LogP contribution in [0.2, 0.25) is 0 Å². The summed E-state index contributed by atoms with van der Waals surface area (Å²) in [4.78, 5) is 9.20. The lowest BCUT2D eigenvalue weighted by atomic mass is 10.2. The maximum Gasteiger partial charge on any atom is 0.121 e. The lowest BCUT2D eigenvalue weighted by Crippen LogP contribution is -2.29. The number of aliphatic imine (C=N–C) groups is 1. The van der Waals surface area contributed by atoms with Crippen molar-refractivity contribution in [3.05, 3.63) is 25.6 Å². The second-order valence-corrected chi connectivity index (χ2v) is 3.19. The Kier molecular flexibility index (Phi) is 4.29. The zero-order valence-electron chi connectivity index (χ0n) is 7.95. The fourth-order valence-corrected chi connectivity index (χ4v) is 0.537. The molecule has 0 unspecified atom stereocenters. The van der Waals surface area contributed by atoms with E-state index in [1.54, 1.807) is 0 Å². The van der Waals surface area contributed by atoms with Gasteiger partial charge in [0.25, 0.3) is 0 Å². The molecule has 0 aromatic carbocycles. The van der Waals surface area contributed by atoms with Crippen molar-refractivity contribution in [1.82, 2.24) is 5.06 Å². The summed E-state index contributed by atoms with van der Waals surface area (Å²) in [5, 5.41) is 1.45. The van der Waals surface area contributed by atoms with E-state index in [1.807, 2.05) is 20.8 Å². The van der Waals surface area contributed by atoms with Gasteiger partial charge < -0.3 is 0 Å². The van der Waals surface area contributed by atoms with E-state index < -0.39 is 0 Å². The summed E-state index contributed by atoms with van der Waals surface area (Å²) >= 11 is 0. The zero-order valence-corrected chi connectivity index (χ0v) is 7.95. The molecule has 0 aromatic rings. The molecule has 0 rings (SSSR count). The van der Waals surface area contributed by atoms with Crippen molar-refractivity contribution >= 4 is 6.34 Å². The number of nitrogens with zero attached hydrogens (tertiary/aromatic N) is 2. The van der Waals surface area contributed by atoms with Gasteiger partial charge in [-0.25, -0.2) is 10.1 Å². The van der Waals surface area contributed by atoms with Crippen molar-refractivity contribution in [3.8, 4) is 0 Å². The Bertz CT molecular complexity index is 179. The van der Waals surface area contributed by atoms with E-state index in [1.165, 1.54) is 23.8 Å². The van der Waals surface area contributed by atoms with Crippen LogP contribution in [0.15, 0.2) is 30.6 Å². The third kappa shape index (κ3) is 5.68. The summed E-state index contributed by atoms with van der Waals surface area (Å²) in [6.45, 7) is 12.9. The van der Waals surface area contributed by atoms with Gasteiger partial charge >= 0.3 is 0 Å². The largest absolute Gasteiger partial charge is 0.263 e. The molecule has 0 aliphatic carbocycles. The summed E-state index contributed by atoms with van der Waals surface area (Å²) in [5.74, 6) is 0. The monoisotopic (exact) mass is 168 g/mol. The Balaban J connectivity index is 4.09. The molecule has 0 aliphatic rings. The summed E-state index contributed by atoms with van der Waals surface area (Å²) in [5.41, 5.74) is -0.249. The molecule has 0 heterocycles. The first-order chi connectivity index (χ1) is 5.49. The average Bonchev–Trinajstić information content (AvgIpc) is 1.95. The van der Waals surface area contributed by atoms with Gasteiger partial charge in [0.15, 0.2) is 0 Å². The highest BCUT2D eigenvalue weighted by molar-refractivity contribution is 5.55. The quantitative estimate of drug-likeness (QED) is 0.365. The van der Waals surface area contributed by atoms with Gasteiger partial charge in [-0.2, -0.15) is 0 Å². The van der Waals surface area contributed by atoms with Crippen LogP contribution in [0, 0.1) is 0 Å². The van der Waals surface area contributed by atoms with Crippen molar-refractivity contribution < 1.29 is 4.84 Å². The molecule has 0 N–H and O–H groups in total. The van der Waals surface area contributed by atoms with Crippen molar-refractivity contribution in [2.75, 3.05) is 0 Å². The Morgan fingerprint density at radius 1 is 1.33 bits per heavy atom. The van der Waals surface area contributed by atoms with E-state index in [4.69, 9.17) is 4.84 Å². The van der Waals surface area contributed by atoms with Crippen LogP contribution < -0.4 is 0 Å². The first-order valence-corrected chi connectivity index (χ1v) is 3.74. The fraction of sp³-hybridized carbons (Fsp3) is 0.444. The Morgan fingerprint density at radius 2 is 1.92 bits per heavy atom. The highest BCUT2D eigenvalue weighted by Gasteiger charge is 2.12. The minimum atomic E-state index is -0.249. The summed E-state index contributed by atoms with van der Waals surface area (Å²) < 4.78 is 0. The molecule has 3 heteroatoms. The first-order valence-electron chi connectivity index (χ1n) is 3.74. The van der Waals surface area contributed by atoms with Gasteiger partial charge in [-0.15, -0.1) is 0 Å². The Hall–Kier alpha value is -1.09. The SMILES string of the molecule is C=C/N=C\N(C=C)OC(C)(C)C. The van der Waals surface area contributed by atoms with Crippen LogP contribution in [0.4, 0.5) is 0 Å².